The van der Waals surface area contributed by atoms with Crippen molar-refractivity contribution in [2.24, 2.45) is 0 Å². The summed E-state index contributed by atoms with van der Waals surface area (Å²) in [7, 11) is 0. The van der Waals surface area contributed by atoms with Gasteiger partial charge in [0.05, 0.1) is 0 Å². The van der Waals surface area contributed by atoms with Crippen molar-refractivity contribution in [1.29, 1.82) is 0 Å². The largest absolute Gasteiger partial charge is 0.339 e. The smallest absolute Gasteiger partial charge is 0.229 e. The van der Waals surface area contributed by atoms with E-state index in [-0.39, 0.29) is 5.92 Å². The van der Waals surface area contributed by atoms with Gasteiger partial charge in [0, 0.05) is 29.7 Å². The third-order valence-corrected chi connectivity index (χ3v) is 4.18. The molecule has 1 aliphatic carbocycles. The summed E-state index contributed by atoms with van der Waals surface area (Å²) in [4.78, 5) is 15.7. The zero-order chi connectivity index (χ0) is 13.9. The molecule has 5 heteroatoms. The minimum Gasteiger partial charge on any atom is -0.339 e. The van der Waals surface area contributed by atoms with Crippen molar-refractivity contribution in [3.8, 4) is 0 Å². The van der Waals surface area contributed by atoms with E-state index >= 15 is 0 Å². The Morgan fingerprint density at radius 1 is 1.20 bits per heavy atom. The Morgan fingerprint density at radius 2 is 1.90 bits per heavy atom. The van der Waals surface area contributed by atoms with Crippen LogP contribution in [0.4, 0.5) is 0 Å². The van der Waals surface area contributed by atoms with Crippen LogP contribution in [0.1, 0.15) is 48.9 Å². The van der Waals surface area contributed by atoms with Crippen molar-refractivity contribution < 1.29 is 9.32 Å². The van der Waals surface area contributed by atoms with E-state index in [2.05, 4.69) is 26.1 Å². The first kappa shape index (κ1) is 13.5. The molecule has 1 aromatic heterocycles. The number of hydrogen-bond donors (Lipinski definition) is 0. The quantitative estimate of drug-likeness (QED) is 0.859. The van der Waals surface area contributed by atoms with E-state index in [9.17, 15) is 4.79 Å². The van der Waals surface area contributed by atoms with Gasteiger partial charge in [-0.3, -0.25) is 4.79 Å². The molecule has 1 fully saturated rings. The lowest BCUT2D eigenvalue weighted by atomic mass is 9.88. The van der Waals surface area contributed by atoms with Gasteiger partial charge in [-0.2, -0.15) is 4.98 Å². The van der Waals surface area contributed by atoms with Crippen LogP contribution in [0, 0.1) is 0 Å². The van der Waals surface area contributed by atoms with Crippen molar-refractivity contribution in [3.63, 3.8) is 0 Å². The van der Waals surface area contributed by atoms with E-state index in [4.69, 9.17) is 4.52 Å². The maximum Gasteiger partial charge on any atom is 0.229 e. The van der Waals surface area contributed by atoms with Crippen LogP contribution >= 0.6 is 15.9 Å². The lowest BCUT2D eigenvalue weighted by Crippen LogP contribution is -2.12. The zero-order valence-electron chi connectivity index (χ0n) is 11.0. The van der Waals surface area contributed by atoms with E-state index < -0.39 is 0 Å². The molecule has 4 nitrogen and oxygen atoms in total. The number of nitrogens with zero attached hydrogens (tertiary/aromatic N) is 2. The molecule has 0 spiro atoms. The van der Waals surface area contributed by atoms with Gasteiger partial charge in [0.15, 0.2) is 5.82 Å². The molecule has 0 unspecified atom stereocenters. The molecule has 3 rings (SSSR count). The minimum absolute atomic E-state index is 0.249. The van der Waals surface area contributed by atoms with E-state index in [0.717, 1.165) is 22.9 Å². The number of hydrogen-bond acceptors (Lipinski definition) is 4. The van der Waals surface area contributed by atoms with Crippen LogP contribution in [-0.2, 0) is 11.2 Å². The Bertz CT molecular complexity index is 597. The van der Waals surface area contributed by atoms with E-state index in [0.29, 0.717) is 36.8 Å². The molecule has 0 atom stereocenters. The Labute approximate surface area is 125 Å². The first-order valence-corrected chi connectivity index (χ1v) is 7.58. The molecular formula is C15H15BrN2O2. The summed E-state index contributed by atoms with van der Waals surface area (Å²) in [5.41, 5.74) is 1.15. The summed E-state index contributed by atoms with van der Waals surface area (Å²) in [6, 6.07) is 8.09. The third kappa shape index (κ3) is 3.15. The van der Waals surface area contributed by atoms with Crippen molar-refractivity contribution in [2.45, 2.75) is 38.0 Å². The third-order valence-electron chi connectivity index (χ3n) is 3.65. The zero-order valence-corrected chi connectivity index (χ0v) is 12.6. The normalized spacial score (nSPS) is 16.6. The molecule has 1 aliphatic rings. The fourth-order valence-corrected chi connectivity index (χ4v) is 2.74. The summed E-state index contributed by atoms with van der Waals surface area (Å²) in [5, 5.41) is 4.05. The highest BCUT2D eigenvalue weighted by Gasteiger charge is 2.24. The summed E-state index contributed by atoms with van der Waals surface area (Å²) in [6.45, 7) is 0. The average Bonchev–Trinajstić information content (AvgIpc) is 2.91. The van der Waals surface area contributed by atoms with Crippen molar-refractivity contribution in [3.05, 3.63) is 46.0 Å². The van der Waals surface area contributed by atoms with Gasteiger partial charge in [0.1, 0.15) is 5.78 Å². The molecule has 0 radical (unpaired) electrons. The Balaban J connectivity index is 1.67. The summed E-state index contributed by atoms with van der Waals surface area (Å²) in [6.07, 6.45) is 3.60. The molecule has 0 saturated heterocycles. The highest BCUT2D eigenvalue weighted by Crippen LogP contribution is 2.30. The van der Waals surface area contributed by atoms with Crippen LogP contribution in [0.25, 0.3) is 0 Å². The highest BCUT2D eigenvalue weighted by molar-refractivity contribution is 9.10. The van der Waals surface area contributed by atoms with Gasteiger partial charge in [-0.1, -0.05) is 33.2 Å². The van der Waals surface area contributed by atoms with Crippen LogP contribution in [-0.4, -0.2) is 15.9 Å². The van der Waals surface area contributed by atoms with E-state index in [1.54, 1.807) is 0 Å². The van der Waals surface area contributed by atoms with Crippen molar-refractivity contribution in [1.82, 2.24) is 10.1 Å². The molecule has 1 aromatic carbocycles. The van der Waals surface area contributed by atoms with Crippen LogP contribution in [0.5, 0.6) is 0 Å². The lowest BCUT2D eigenvalue weighted by molar-refractivity contribution is -0.120. The van der Waals surface area contributed by atoms with Crippen LogP contribution in [0.15, 0.2) is 33.3 Å². The van der Waals surface area contributed by atoms with Gasteiger partial charge in [-0.05, 0) is 30.5 Å². The van der Waals surface area contributed by atoms with Gasteiger partial charge >= 0.3 is 0 Å². The maximum absolute atomic E-state index is 11.2. The van der Waals surface area contributed by atoms with Crippen molar-refractivity contribution >= 4 is 21.7 Å². The fourth-order valence-electron chi connectivity index (χ4n) is 2.48. The number of Topliss-reactive ketones (excluding diaryl/α,β-unsaturated/α-hetero) is 1. The number of carbonyl (C=O) groups is 1. The summed E-state index contributed by atoms with van der Waals surface area (Å²) >= 11 is 3.41. The Hall–Kier alpha value is -1.49. The molecule has 0 amide bonds. The summed E-state index contributed by atoms with van der Waals surface area (Å²) in [5.74, 6) is 1.98. The molecule has 1 heterocycles. The second-order valence-corrected chi connectivity index (χ2v) is 6.08. The lowest BCUT2D eigenvalue weighted by Gasteiger charge is -2.16. The average molecular weight is 335 g/mol. The molecule has 20 heavy (non-hydrogen) atoms. The number of halogens is 1. The van der Waals surface area contributed by atoms with Gasteiger partial charge in [-0.25, -0.2) is 0 Å². The first-order chi connectivity index (χ1) is 9.70. The molecule has 2 aromatic rings. The van der Waals surface area contributed by atoms with Gasteiger partial charge in [-0.15, -0.1) is 0 Å². The number of benzene rings is 1. The number of carbonyl (C=O) groups excluding carboxylic acids is 1. The Kier molecular flexibility index (Phi) is 3.96. The van der Waals surface area contributed by atoms with E-state index in [1.165, 1.54) is 0 Å². The Morgan fingerprint density at radius 3 is 2.60 bits per heavy atom. The van der Waals surface area contributed by atoms with Crippen molar-refractivity contribution in [2.75, 3.05) is 0 Å². The number of rotatable bonds is 3. The number of aromatic nitrogens is 2. The predicted octanol–water partition coefficient (Wildman–Crippen LogP) is 3.65. The molecular weight excluding hydrogens is 320 g/mol. The molecule has 1 saturated carbocycles. The van der Waals surface area contributed by atoms with Crippen LogP contribution in [0.2, 0.25) is 0 Å². The molecule has 0 bridgehead atoms. The molecule has 0 aliphatic heterocycles. The topological polar surface area (TPSA) is 56.0 Å². The van der Waals surface area contributed by atoms with Crippen LogP contribution in [0.3, 0.4) is 0 Å². The fraction of sp³-hybridized carbons (Fsp3) is 0.400. The highest BCUT2D eigenvalue weighted by atomic mass is 79.9. The minimum atomic E-state index is 0.249. The monoisotopic (exact) mass is 334 g/mol. The SMILES string of the molecule is O=C1CCC(c2nc(Cc3ccc(Br)cc3)no2)CC1. The molecule has 104 valence electrons. The van der Waals surface area contributed by atoms with E-state index in [1.807, 2.05) is 24.3 Å². The van der Waals surface area contributed by atoms with Gasteiger partial charge < -0.3 is 4.52 Å². The van der Waals surface area contributed by atoms with Gasteiger partial charge in [0.2, 0.25) is 5.89 Å². The first-order valence-electron chi connectivity index (χ1n) is 6.79. The standard InChI is InChI=1S/C15H15BrN2O2/c16-12-5-1-10(2-6-12)9-14-17-15(20-18-14)11-3-7-13(19)8-4-11/h1-2,5-6,11H,3-4,7-9H2. The number of ketones is 1. The maximum atomic E-state index is 11.2. The second kappa shape index (κ2) is 5.87. The summed E-state index contributed by atoms with van der Waals surface area (Å²) < 4.78 is 6.41. The predicted molar refractivity (Wildman–Crippen MR) is 77.5 cm³/mol. The second-order valence-electron chi connectivity index (χ2n) is 5.17. The molecule has 0 N–H and O–H groups in total. The van der Waals surface area contributed by atoms with Crippen LogP contribution < -0.4 is 0 Å². The van der Waals surface area contributed by atoms with Gasteiger partial charge in [0.25, 0.3) is 0 Å².